The Morgan fingerprint density at radius 3 is 2.83 bits per heavy atom. The van der Waals surface area contributed by atoms with Gasteiger partial charge >= 0.3 is 0 Å². The van der Waals surface area contributed by atoms with Gasteiger partial charge in [0.2, 0.25) is 5.91 Å². The number of rotatable bonds is 10. The third-order valence-electron chi connectivity index (χ3n) is 6.51. The van der Waals surface area contributed by atoms with Gasteiger partial charge in [-0.2, -0.15) is 0 Å². The molecule has 0 aromatic carbocycles. The van der Waals surface area contributed by atoms with E-state index < -0.39 is 0 Å². The Bertz CT molecular complexity index is 684. The van der Waals surface area contributed by atoms with Gasteiger partial charge in [0, 0.05) is 39.1 Å². The van der Waals surface area contributed by atoms with Crippen molar-refractivity contribution < 1.29 is 23.6 Å². The molecule has 1 aromatic rings. The van der Waals surface area contributed by atoms with Gasteiger partial charge in [-0.15, -0.1) is 0 Å². The first kappa shape index (κ1) is 22.8. The van der Waals surface area contributed by atoms with Crippen LogP contribution in [-0.4, -0.2) is 68.2 Å². The Morgan fingerprint density at radius 2 is 2.13 bits per heavy atom. The van der Waals surface area contributed by atoms with Crippen molar-refractivity contribution in [2.45, 2.75) is 70.9 Å². The minimum atomic E-state index is -0.0905. The van der Waals surface area contributed by atoms with E-state index in [0.29, 0.717) is 37.4 Å². The van der Waals surface area contributed by atoms with Crippen LogP contribution in [0.1, 0.15) is 68.0 Å². The van der Waals surface area contributed by atoms with Crippen molar-refractivity contribution in [1.29, 1.82) is 0 Å². The number of carbonyl (C=O) groups is 2. The van der Waals surface area contributed by atoms with Gasteiger partial charge in [-0.05, 0) is 52.0 Å². The van der Waals surface area contributed by atoms with E-state index in [1.54, 1.807) is 22.8 Å². The summed E-state index contributed by atoms with van der Waals surface area (Å²) >= 11 is 0. The predicted octanol–water partition coefficient (Wildman–Crippen LogP) is 1.56. The average Bonchev–Trinajstić information content (AvgIpc) is 3.40. The third kappa shape index (κ3) is 6.57. The fourth-order valence-electron chi connectivity index (χ4n) is 4.58. The fraction of sp³-hybridized carbons (Fsp3) is 0.739. The largest absolute Gasteiger partial charge is 0.469 e. The number of likely N-dealkylation sites (tertiary alicyclic amines) is 1. The molecular formula is C23H38N3O4+. The van der Waals surface area contributed by atoms with E-state index in [4.69, 9.17) is 9.15 Å². The number of hydrogen-bond acceptors (Lipinski definition) is 4. The van der Waals surface area contributed by atoms with Gasteiger partial charge in [0.25, 0.3) is 5.91 Å². The molecule has 2 N–H and O–H groups in total. The first-order chi connectivity index (χ1) is 14.5. The first-order valence-electron chi connectivity index (χ1n) is 11.6. The molecule has 3 atom stereocenters. The second kappa shape index (κ2) is 11.5. The molecule has 7 nitrogen and oxygen atoms in total. The lowest BCUT2D eigenvalue weighted by atomic mass is 10.0. The molecule has 168 valence electrons. The minimum Gasteiger partial charge on any atom is -0.469 e. The van der Waals surface area contributed by atoms with Crippen molar-refractivity contribution in [3.63, 3.8) is 0 Å². The minimum absolute atomic E-state index is 0.00532. The van der Waals surface area contributed by atoms with E-state index in [1.165, 1.54) is 32.1 Å². The monoisotopic (exact) mass is 420 g/mol. The van der Waals surface area contributed by atoms with Crippen molar-refractivity contribution in [3.05, 3.63) is 23.7 Å². The second-order valence-corrected chi connectivity index (χ2v) is 8.79. The van der Waals surface area contributed by atoms with Crippen LogP contribution < -0.4 is 10.2 Å². The maximum absolute atomic E-state index is 13.0. The van der Waals surface area contributed by atoms with Crippen LogP contribution in [0.25, 0.3) is 0 Å². The Labute approximate surface area is 180 Å². The quantitative estimate of drug-likeness (QED) is 0.564. The summed E-state index contributed by atoms with van der Waals surface area (Å²) in [4.78, 5) is 28.7. The summed E-state index contributed by atoms with van der Waals surface area (Å²) < 4.78 is 11.0. The number of piperidine rings is 1. The van der Waals surface area contributed by atoms with Crippen LogP contribution >= 0.6 is 0 Å². The molecule has 3 heterocycles. The van der Waals surface area contributed by atoms with Crippen molar-refractivity contribution >= 4 is 11.8 Å². The van der Waals surface area contributed by atoms with Gasteiger partial charge in [0.1, 0.15) is 5.76 Å². The Kier molecular flexibility index (Phi) is 8.75. The third-order valence-corrected chi connectivity index (χ3v) is 6.51. The summed E-state index contributed by atoms with van der Waals surface area (Å²) in [6.45, 7) is 8.85. The lowest BCUT2D eigenvalue weighted by molar-refractivity contribution is -0.928. The van der Waals surface area contributed by atoms with E-state index in [1.807, 2.05) is 0 Å². The Hall–Kier alpha value is -1.86. The number of amides is 2. The molecule has 0 spiro atoms. The molecule has 3 rings (SSSR count). The van der Waals surface area contributed by atoms with E-state index in [0.717, 1.165) is 38.5 Å². The molecule has 2 saturated heterocycles. The number of quaternary nitrogens is 1. The van der Waals surface area contributed by atoms with Crippen LogP contribution in [0.4, 0.5) is 0 Å². The second-order valence-electron chi connectivity index (χ2n) is 8.79. The zero-order valence-electron chi connectivity index (χ0n) is 18.6. The number of furan rings is 1. The van der Waals surface area contributed by atoms with Crippen molar-refractivity contribution in [1.82, 2.24) is 10.2 Å². The van der Waals surface area contributed by atoms with Crippen LogP contribution in [0.2, 0.25) is 0 Å². The molecule has 0 saturated carbocycles. The highest BCUT2D eigenvalue weighted by molar-refractivity contribution is 5.95. The number of hydrogen-bond donors (Lipinski definition) is 2. The van der Waals surface area contributed by atoms with E-state index >= 15 is 0 Å². The van der Waals surface area contributed by atoms with Crippen molar-refractivity contribution in [2.75, 3.05) is 39.3 Å². The smallest absolute Gasteiger partial charge is 0.257 e. The van der Waals surface area contributed by atoms with Gasteiger partial charge < -0.3 is 24.3 Å². The summed E-state index contributed by atoms with van der Waals surface area (Å²) in [5, 5.41) is 3.03. The van der Waals surface area contributed by atoms with Gasteiger partial charge in [-0.3, -0.25) is 9.59 Å². The Balaban J connectivity index is 1.42. The fourth-order valence-corrected chi connectivity index (χ4v) is 4.58. The molecule has 1 unspecified atom stereocenters. The normalized spacial score (nSPS) is 24.0. The summed E-state index contributed by atoms with van der Waals surface area (Å²) in [7, 11) is 0. The number of carbonyl (C=O) groups excluding carboxylic acids is 2. The molecule has 0 radical (unpaired) electrons. The van der Waals surface area contributed by atoms with Gasteiger partial charge in [0.05, 0.1) is 37.1 Å². The predicted molar refractivity (Wildman–Crippen MR) is 115 cm³/mol. The van der Waals surface area contributed by atoms with Crippen LogP contribution in [0.3, 0.4) is 0 Å². The summed E-state index contributed by atoms with van der Waals surface area (Å²) in [6.07, 6.45) is 8.85. The molecule has 30 heavy (non-hydrogen) atoms. The summed E-state index contributed by atoms with van der Waals surface area (Å²) in [5.74, 6) is 0.522. The topological polar surface area (TPSA) is 76.2 Å². The van der Waals surface area contributed by atoms with Crippen LogP contribution in [0, 0.1) is 6.92 Å². The molecule has 0 aliphatic carbocycles. The number of nitrogens with one attached hydrogen (secondary N) is 2. The molecule has 0 bridgehead atoms. The molecule has 2 fully saturated rings. The first-order valence-corrected chi connectivity index (χ1v) is 11.6. The van der Waals surface area contributed by atoms with Gasteiger partial charge in [0.15, 0.2) is 0 Å². The highest BCUT2D eigenvalue weighted by Crippen LogP contribution is 2.17. The highest BCUT2D eigenvalue weighted by Gasteiger charge is 2.26. The van der Waals surface area contributed by atoms with E-state index in [2.05, 4.69) is 12.2 Å². The van der Waals surface area contributed by atoms with Crippen LogP contribution in [-0.2, 0) is 9.53 Å². The molecule has 2 aliphatic heterocycles. The maximum atomic E-state index is 13.0. The lowest BCUT2D eigenvalue weighted by Crippen LogP contribution is -3.16. The van der Waals surface area contributed by atoms with Crippen molar-refractivity contribution in [2.24, 2.45) is 0 Å². The molecule has 2 amide bonds. The summed E-state index contributed by atoms with van der Waals surface area (Å²) in [6, 6.07) is 2.43. The van der Waals surface area contributed by atoms with Crippen LogP contribution in [0.5, 0.6) is 0 Å². The Morgan fingerprint density at radius 1 is 1.27 bits per heavy atom. The number of nitrogens with zero attached hydrogens (tertiary/aromatic N) is 1. The molecular weight excluding hydrogens is 382 g/mol. The lowest BCUT2D eigenvalue weighted by Gasteiger charge is -2.30. The van der Waals surface area contributed by atoms with Gasteiger partial charge in [-0.25, -0.2) is 0 Å². The highest BCUT2D eigenvalue weighted by atomic mass is 16.5. The summed E-state index contributed by atoms with van der Waals surface area (Å²) in [5.41, 5.74) is 0.562. The molecule has 1 aromatic heterocycles. The van der Waals surface area contributed by atoms with E-state index in [9.17, 15) is 9.59 Å². The van der Waals surface area contributed by atoms with Crippen molar-refractivity contribution in [3.8, 4) is 0 Å². The van der Waals surface area contributed by atoms with Crippen LogP contribution in [0.15, 0.2) is 16.7 Å². The number of ether oxygens (including phenoxy) is 1. The zero-order chi connectivity index (χ0) is 21.3. The number of aryl methyl sites for hydroxylation is 1. The standard InChI is InChI=1S/C23H37N3O4/c1-18-7-3-4-12-25(18)13-6-11-24-22(27)9-14-26(17-20-8-5-15-30-20)23(28)21-10-16-29-19(21)2/h10,16,18,20H,3-9,11-15,17H2,1-2H3,(H,24,27)/p+1/t18-,20+/m1/s1. The molecule has 2 aliphatic rings. The average molecular weight is 421 g/mol. The maximum Gasteiger partial charge on any atom is 0.257 e. The van der Waals surface area contributed by atoms with Gasteiger partial charge in [-0.1, -0.05) is 0 Å². The zero-order valence-corrected chi connectivity index (χ0v) is 18.6. The van der Waals surface area contributed by atoms with E-state index in [-0.39, 0.29) is 17.9 Å². The molecule has 7 heteroatoms. The SMILES string of the molecule is Cc1occc1C(=O)N(CCC(=O)NCCC[NH+]1CCCC[C@H]1C)C[C@@H]1CCCO1.